The maximum absolute atomic E-state index is 12.8. The Morgan fingerprint density at radius 1 is 0.931 bits per heavy atom. The minimum atomic E-state index is -0.515. The summed E-state index contributed by atoms with van der Waals surface area (Å²) in [7, 11) is 0. The first-order valence-corrected chi connectivity index (χ1v) is 9.63. The summed E-state index contributed by atoms with van der Waals surface area (Å²) in [6.45, 7) is 6.95. The van der Waals surface area contributed by atoms with Gasteiger partial charge in [-0.25, -0.2) is 4.98 Å². The van der Waals surface area contributed by atoms with E-state index in [2.05, 4.69) is 4.98 Å². The molecule has 0 bridgehead atoms. The largest absolute Gasteiger partial charge is 0.441 e. The summed E-state index contributed by atoms with van der Waals surface area (Å²) in [5.74, 6) is 0.149. The number of hydrogen-bond donors (Lipinski definition) is 0. The Bertz CT molecular complexity index is 1050. The summed E-state index contributed by atoms with van der Waals surface area (Å²) in [5, 5.41) is 0. The van der Waals surface area contributed by atoms with Crippen molar-refractivity contribution in [3.05, 3.63) is 71.1 Å². The number of rotatable bonds is 4. The predicted molar refractivity (Wildman–Crippen MR) is 110 cm³/mol. The van der Waals surface area contributed by atoms with Crippen LogP contribution in [0.15, 0.2) is 52.9 Å². The Kier molecular flexibility index (Phi) is 4.92. The normalized spacial score (nSPS) is 14.6. The fourth-order valence-corrected chi connectivity index (χ4v) is 3.64. The van der Waals surface area contributed by atoms with E-state index in [9.17, 15) is 9.59 Å². The topological polar surface area (TPSA) is 66.7 Å². The number of hydrogen-bond acceptors (Lipinski definition) is 4. The van der Waals surface area contributed by atoms with E-state index in [0.717, 1.165) is 22.4 Å². The second-order valence-corrected chi connectivity index (χ2v) is 7.42. The zero-order valence-corrected chi connectivity index (χ0v) is 16.8. The molecule has 6 nitrogen and oxygen atoms in total. The van der Waals surface area contributed by atoms with Gasteiger partial charge < -0.3 is 14.2 Å². The molecule has 1 aliphatic heterocycles. The van der Waals surface area contributed by atoms with Crippen molar-refractivity contribution < 1.29 is 14.0 Å². The highest BCUT2D eigenvalue weighted by Gasteiger charge is 2.34. The van der Waals surface area contributed by atoms with Crippen molar-refractivity contribution in [1.82, 2.24) is 9.88 Å². The summed E-state index contributed by atoms with van der Waals surface area (Å²) in [5.41, 5.74) is 4.45. The molecule has 29 heavy (non-hydrogen) atoms. The van der Waals surface area contributed by atoms with Crippen LogP contribution in [0.5, 0.6) is 0 Å². The van der Waals surface area contributed by atoms with E-state index in [4.69, 9.17) is 4.42 Å². The molecule has 0 unspecified atom stereocenters. The molecule has 1 aromatic heterocycles. The van der Waals surface area contributed by atoms with Crippen LogP contribution in [0.25, 0.3) is 11.5 Å². The molecule has 2 aromatic carbocycles. The van der Waals surface area contributed by atoms with Crippen molar-refractivity contribution in [3.8, 4) is 11.5 Å². The van der Waals surface area contributed by atoms with Crippen molar-refractivity contribution in [2.45, 2.75) is 27.3 Å². The SMILES string of the molecule is Cc1cc(C)cc(N2CCN(Cc3nc(-c4ccccc4)oc3C)C(=O)C2=O)c1. The molecule has 0 atom stereocenters. The van der Waals surface area contributed by atoms with Gasteiger partial charge in [0, 0.05) is 24.3 Å². The van der Waals surface area contributed by atoms with Crippen LogP contribution < -0.4 is 4.90 Å². The number of carbonyl (C=O) groups excluding carboxylic acids is 2. The number of nitrogens with zero attached hydrogens (tertiary/aromatic N) is 3. The summed E-state index contributed by atoms with van der Waals surface area (Å²) in [6, 6.07) is 15.5. The van der Waals surface area contributed by atoms with Gasteiger partial charge >= 0.3 is 11.8 Å². The first-order valence-electron chi connectivity index (χ1n) is 9.63. The fourth-order valence-electron chi connectivity index (χ4n) is 3.64. The second kappa shape index (κ2) is 7.54. The number of amides is 2. The van der Waals surface area contributed by atoms with Crippen molar-refractivity contribution in [3.63, 3.8) is 0 Å². The molecule has 2 heterocycles. The number of benzene rings is 2. The molecular formula is C23H23N3O3. The van der Waals surface area contributed by atoms with Crippen molar-refractivity contribution >= 4 is 17.5 Å². The van der Waals surface area contributed by atoms with Gasteiger partial charge in [-0.3, -0.25) is 9.59 Å². The molecule has 3 aromatic rings. The van der Waals surface area contributed by atoms with E-state index in [1.807, 2.05) is 69.3 Å². The average Bonchev–Trinajstić information content (AvgIpc) is 3.06. The Hall–Kier alpha value is -3.41. The van der Waals surface area contributed by atoms with Gasteiger partial charge in [0.15, 0.2) is 0 Å². The molecule has 1 aliphatic rings. The number of aromatic nitrogens is 1. The minimum absolute atomic E-state index is 0.257. The van der Waals surface area contributed by atoms with Crippen LogP contribution >= 0.6 is 0 Å². The monoisotopic (exact) mass is 389 g/mol. The standard InChI is InChI=1S/C23H23N3O3/c1-15-11-16(2)13-19(12-15)26-10-9-25(22(27)23(26)28)14-20-17(3)29-21(24-20)18-7-5-4-6-8-18/h4-8,11-13H,9-10,14H2,1-3H3. The predicted octanol–water partition coefficient (Wildman–Crippen LogP) is 3.64. The highest BCUT2D eigenvalue weighted by Crippen LogP contribution is 2.25. The van der Waals surface area contributed by atoms with Crippen LogP contribution in [-0.4, -0.2) is 34.8 Å². The van der Waals surface area contributed by atoms with Crippen molar-refractivity contribution in [2.24, 2.45) is 0 Å². The Labute approximate surface area is 169 Å². The lowest BCUT2D eigenvalue weighted by Gasteiger charge is -2.33. The van der Waals surface area contributed by atoms with E-state index < -0.39 is 11.8 Å². The number of carbonyl (C=O) groups is 2. The molecule has 0 spiro atoms. The summed E-state index contributed by atoms with van der Waals surface area (Å²) in [6.07, 6.45) is 0. The second-order valence-electron chi connectivity index (χ2n) is 7.42. The zero-order chi connectivity index (χ0) is 20.5. The molecule has 0 radical (unpaired) electrons. The van der Waals surface area contributed by atoms with Crippen LogP contribution in [0.4, 0.5) is 5.69 Å². The zero-order valence-electron chi connectivity index (χ0n) is 16.8. The van der Waals surface area contributed by atoms with Gasteiger partial charge in [0.25, 0.3) is 0 Å². The number of piperazine rings is 1. The number of aryl methyl sites for hydroxylation is 3. The van der Waals surface area contributed by atoms with Gasteiger partial charge in [-0.2, -0.15) is 0 Å². The van der Waals surface area contributed by atoms with Crippen LogP contribution in [0.1, 0.15) is 22.6 Å². The molecule has 148 valence electrons. The lowest BCUT2D eigenvalue weighted by atomic mass is 10.1. The molecule has 0 N–H and O–H groups in total. The summed E-state index contributed by atoms with van der Waals surface area (Å²) < 4.78 is 5.78. The van der Waals surface area contributed by atoms with Gasteiger partial charge in [0.05, 0.1) is 6.54 Å². The maximum Gasteiger partial charge on any atom is 0.316 e. The quantitative estimate of drug-likeness (QED) is 0.639. The van der Waals surface area contributed by atoms with E-state index in [-0.39, 0.29) is 6.54 Å². The van der Waals surface area contributed by atoms with Crippen LogP contribution in [0.2, 0.25) is 0 Å². The average molecular weight is 389 g/mol. The molecule has 0 aliphatic carbocycles. The highest BCUT2D eigenvalue weighted by atomic mass is 16.4. The molecule has 4 rings (SSSR count). The summed E-state index contributed by atoms with van der Waals surface area (Å²) in [4.78, 5) is 33.1. The number of anilines is 1. The Balaban J connectivity index is 1.51. The molecule has 1 saturated heterocycles. The maximum atomic E-state index is 12.8. The van der Waals surface area contributed by atoms with Crippen molar-refractivity contribution in [1.29, 1.82) is 0 Å². The van der Waals surface area contributed by atoms with E-state index in [1.165, 1.54) is 0 Å². The molecule has 1 fully saturated rings. The minimum Gasteiger partial charge on any atom is -0.441 e. The van der Waals surface area contributed by atoms with Gasteiger partial charge in [-0.1, -0.05) is 24.3 Å². The fraction of sp³-hybridized carbons (Fsp3) is 0.261. The Morgan fingerprint density at radius 2 is 1.62 bits per heavy atom. The first kappa shape index (κ1) is 18.9. The van der Waals surface area contributed by atoms with Gasteiger partial charge in [-0.05, 0) is 56.2 Å². The van der Waals surface area contributed by atoms with Crippen molar-refractivity contribution in [2.75, 3.05) is 18.0 Å². The van der Waals surface area contributed by atoms with Gasteiger partial charge in [-0.15, -0.1) is 0 Å². The van der Waals surface area contributed by atoms with E-state index in [0.29, 0.717) is 30.4 Å². The third kappa shape index (κ3) is 3.78. The third-order valence-corrected chi connectivity index (χ3v) is 5.08. The van der Waals surface area contributed by atoms with E-state index >= 15 is 0 Å². The van der Waals surface area contributed by atoms with Crippen LogP contribution in [0.3, 0.4) is 0 Å². The molecule has 2 amide bonds. The van der Waals surface area contributed by atoms with E-state index in [1.54, 1.807) is 9.80 Å². The summed E-state index contributed by atoms with van der Waals surface area (Å²) >= 11 is 0. The highest BCUT2D eigenvalue weighted by molar-refractivity contribution is 6.40. The number of oxazole rings is 1. The van der Waals surface area contributed by atoms with Gasteiger partial charge in [0.1, 0.15) is 11.5 Å². The molecule has 6 heteroatoms. The Morgan fingerprint density at radius 3 is 2.31 bits per heavy atom. The lowest BCUT2D eigenvalue weighted by molar-refractivity contribution is -0.146. The van der Waals surface area contributed by atoms with Gasteiger partial charge in [0.2, 0.25) is 5.89 Å². The van der Waals surface area contributed by atoms with Crippen LogP contribution in [0, 0.1) is 20.8 Å². The third-order valence-electron chi connectivity index (χ3n) is 5.08. The molecule has 0 saturated carbocycles. The smallest absolute Gasteiger partial charge is 0.316 e. The van der Waals surface area contributed by atoms with Crippen LogP contribution in [-0.2, 0) is 16.1 Å². The lowest BCUT2D eigenvalue weighted by Crippen LogP contribution is -2.54. The first-order chi connectivity index (χ1) is 13.9. The molecular weight excluding hydrogens is 366 g/mol.